The zero-order valence-corrected chi connectivity index (χ0v) is 10.7. The predicted molar refractivity (Wildman–Crippen MR) is 67.0 cm³/mol. The summed E-state index contributed by atoms with van der Waals surface area (Å²) < 4.78 is 13.6. The molecule has 0 fully saturated rings. The van der Waals surface area contributed by atoms with Gasteiger partial charge in [-0.25, -0.2) is 0 Å². The van der Waals surface area contributed by atoms with E-state index in [-0.39, 0.29) is 0 Å². The van der Waals surface area contributed by atoms with Gasteiger partial charge in [-0.05, 0) is 18.2 Å². The van der Waals surface area contributed by atoms with Gasteiger partial charge in [0.1, 0.15) is 0 Å². The quantitative estimate of drug-likeness (QED) is 0.855. The number of aryl methyl sites for hydroxylation is 1. The Morgan fingerprint density at radius 1 is 1.53 bits per heavy atom. The van der Waals surface area contributed by atoms with Crippen LogP contribution < -0.4 is 5.73 Å². The molecule has 90 valence electrons. The van der Waals surface area contributed by atoms with Crippen LogP contribution in [0, 0.1) is 0 Å². The third kappa shape index (κ3) is 2.83. The summed E-state index contributed by atoms with van der Waals surface area (Å²) in [5.74, 6) is 0.314. The maximum atomic E-state index is 12.0. The number of aromatic nitrogens is 3. The number of hydrogen-bond acceptors (Lipinski definition) is 4. The van der Waals surface area contributed by atoms with Crippen molar-refractivity contribution in [2.45, 2.75) is 10.6 Å². The highest BCUT2D eigenvalue weighted by Gasteiger charge is 2.09. The highest BCUT2D eigenvalue weighted by molar-refractivity contribution is 7.84. The summed E-state index contributed by atoms with van der Waals surface area (Å²) >= 11 is 5.87. The van der Waals surface area contributed by atoms with Crippen LogP contribution in [0.5, 0.6) is 0 Å². The Kier molecular flexibility index (Phi) is 3.44. The summed E-state index contributed by atoms with van der Waals surface area (Å²) in [6, 6.07) is 4.96. The second kappa shape index (κ2) is 4.85. The van der Waals surface area contributed by atoms with E-state index in [9.17, 15) is 4.21 Å². The van der Waals surface area contributed by atoms with Gasteiger partial charge >= 0.3 is 0 Å². The fourth-order valence-electron chi connectivity index (χ4n) is 1.33. The number of hydrogen-bond donors (Lipinski definition) is 1. The van der Waals surface area contributed by atoms with Gasteiger partial charge in [-0.2, -0.15) is 0 Å². The number of nitrogens with zero attached hydrogens (tertiary/aromatic N) is 3. The van der Waals surface area contributed by atoms with Crippen LogP contribution in [-0.2, 0) is 23.6 Å². The van der Waals surface area contributed by atoms with E-state index in [1.807, 2.05) is 0 Å². The molecule has 0 aliphatic carbocycles. The molecule has 1 aromatic carbocycles. The van der Waals surface area contributed by atoms with Gasteiger partial charge in [0.2, 0.25) is 0 Å². The molecule has 5 nitrogen and oxygen atoms in total. The lowest BCUT2D eigenvalue weighted by molar-refractivity contribution is 0.682. The van der Waals surface area contributed by atoms with Crippen molar-refractivity contribution in [1.82, 2.24) is 15.0 Å². The Bertz CT molecular complexity index is 569. The maximum absolute atomic E-state index is 12.0. The molecule has 2 N–H and O–H groups in total. The van der Waals surface area contributed by atoms with Gasteiger partial charge in [-0.3, -0.25) is 8.89 Å². The first-order valence-electron chi connectivity index (χ1n) is 4.85. The summed E-state index contributed by atoms with van der Waals surface area (Å²) in [5.41, 5.74) is 6.75. The average Bonchev–Trinajstić information content (AvgIpc) is 2.68. The molecule has 0 bridgehead atoms. The molecule has 1 heterocycles. The van der Waals surface area contributed by atoms with E-state index in [1.165, 1.54) is 0 Å². The van der Waals surface area contributed by atoms with Crippen molar-refractivity contribution < 1.29 is 4.21 Å². The summed E-state index contributed by atoms with van der Waals surface area (Å²) in [4.78, 5) is 0.634. The van der Waals surface area contributed by atoms with E-state index in [1.54, 1.807) is 36.1 Å². The predicted octanol–water partition coefficient (Wildman–Crippen LogP) is 1.36. The SMILES string of the molecule is Cn1cc(CS(=O)c2ccc(N)c(Cl)c2)nn1. The van der Waals surface area contributed by atoms with Gasteiger partial charge in [0.25, 0.3) is 0 Å². The van der Waals surface area contributed by atoms with Crippen molar-refractivity contribution in [2.75, 3.05) is 5.73 Å². The molecule has 7 heteroatoms. The zero-order valence-electron chi connectivity index (χ0n) is 9.13. The minimum Gasteiger partial charge on any atom is -0.398 e. The monoisotopic (exact) mass is 270 g/mol. The Morgan fingerprint density at radius 2 is 2.29 bits per heavy atom. The van der Waals surface area contributed by atoms with E-state index < -0.39 is 10.8 Å². The Hall–Kier alpha value is -1.40. The second-order valence-corrected chi connectivity index (χ2v) is 5.42. The van der Waals surface area contributed by atoms with E-state index in [2.05, 4.69) is 10.3 Å². The molecule has 2 rings (SSSR count). The number of benzene rings is 1. The number of anilines is 1. The van der Waals surface area contributed by atoms with Crippen LogP contribution in [0.3, 0.4) is 0 Å². The molecule has 0 spiro atoms. The Morgan fingerprint density at radius 3 is 2.88 bits per heavy atom. The van der Waals surface area contributed by atoms with Gasteiger partial charge in [0.15, 0.2) is 0 Å². The molecular weight excluding hydrogens is 260 g/mol. The number of nitrogens with two attached hydrogens (primary N) is 1. The van der Waals surface area contributed by atoms with Crippen LogP contribution in [0.15, 0.2) is 29.3 Å². The van der Waals surface area contributed by atoms with Gasteiger partial charge in [-0.1, -0.05) is 16.8 Å². The third-order valence-corrected chi connectivity index (χ3v) is 3.83. The molecule has 0 aliphatic heterocycles. The first kappa shape index (κ1) is 12.1. The third-order valence-electron chi connectivity index (χ3n) is 2.16. The standard InChI is InChI=1S/C10H11ClN4OS/c1-15-5-7(13-14-15)6-17(16)8-2-3-10(12)9(11)4-8/h2-5H,6,12H2,1H3. The molecule has 0 radical (unpaired) electrons. The molecule has 1 atom stereocenters. The van der Waals surface area contributed by atoms with Crippen molar-refractivity contribution >= 4 is 28.1 Å². The van der Waals surface area contributed by atoms with Crippen molar-refractivity contribution in [3.05, 3.63) is 35.1 Å². The molecule has 1 aromatic heterocycles. The molecule has 0 amide bonds. The summed E-state index contributed by atoms with van der Waals surface area (Å²) in [6.07, 6.45) is 1.73. The molecule has 1 unspecified atom stereocenters. The lowest BCUT2D eigenvalue weighted by Gasteiger charge is -2.02. The highest BCUT2D eigenvalue weighted by atomic mass is 35.5. The fourth-order valence-corrected chi connectivity index (χ4v) is 2.61. The molecule has 0 saturated carbocycles. The topological polar surface area (TPSA) is 73.8 Å². The highest BCUT2D eigenvalue weighted by Crippen LogP contribution is 2.22. The van der Waals surface area contributed by atoms with Gasteiger partial charge < -0.3 is 5.73 Å². The van der Waals surface area contributed by atoms with E-state index >= 15 is 0 Å². The Labute approximate surface area is 106 Å². The Balaban J connectivity index is 2.17. The van der Waals surface area contributed by atoms with Crippen molar-refractivity contribution in [3.8, 4) is 0 Å². The average molecular weight is 271 g/mol. The van der Waals surface area contributed by atoms with Crippen molar-refractivity contribution in [1.29, 1.82) is 0 Å². The van der Waals surface area contributed by atoms with Crippen LogP contribution in [0.25, 0.3) is 0 Å². The van der Waals surface area contributed by atoms with E-state index in [4.69, 9.17) is 17.3 Å². The van der Waals surface area contributed by atoms with Crippen LogP contribution in [0.2, 0.25) is 5.02 Å². The number of nitrogen functional groups attached to an aromatic ring is 1. The van der Waals surface area contributed by atoms with E-state index in [0.717, 1.165) is 0 Å². The normalized spacial score (nSPS) is 12.6. The number of halogens is 1. The van der Waals surface area contributed by atoms with Crippen molar-refractivity contribution in [3.63, 3.8) is 0 Å². The maximum Gasteiger partial charge on any atom is 0.0955 e. The van der Waals surface area contributed by atoms with Gasteiger partial charge in [-0.15, -0.1) is 5.10 Å². The smallest absolute Gasteiger partial charge is 0.0955 e. The van der Waals surface area contributed by atoms with Crippen molar-refractivity contribution in [2.24, 2.45) is 7.05 Å². The molecule has 17 heavy (non-hydrogen) atoms. The molecule has 0 aliphatic rings. The van der Waals surface area contributed by atoms with Crippen LogP contribution in [0.4, 0.5) is 5.69 Å². The second-order valence-electron chi connectivity index (χ2n) is 3.56. The largest absolute Gasteiger partial charge is 0.398 e. The summed E-state index contributed by atoms with van der Waals surface area (Å²) in [7, 11) is 0.568. The van der Waals surface area contributed by atoms with Crippen LogP contribution >= 0.6 is 11.6 Å². The minimum atomic E-state index is -1.20. The molecular formula is C10H11ClN4OS. The lowest BCUT2D eigenvalue weighted by atomic mass is 10.3. The minimum absolute atomic E-state index is 0.314. The summed E-state index contributed by atoms with van der Waals surface area (Å²) in [5, 5.41) is 8.08. The zero-order chi connectivity index (χ0) is 12.4. The molecule has 0 saturated heterocycles. The van der Waals surface area contributed by atoms with Crippen LogP contribution in [-0.4, -0.2) is 19.2 Å². The first-order valence-corrected chi connectivity index (χ1v) is 6.54. The molecule has 2 aromatic rings. The van der Waals surface area contributed by atoms with E-state index in [0.29, 0.717) is 27.1 Å². The lowest BCUT2D eigenvalue weighted by Crippen LogP contribution is -1.98. The van der Waals surface area contributed by atoms with Crippen LogP contribution in [0.1, 0.15) is 5.69 Å². The summed E-state index contributed by atoms with van der Waals surface area (Å²) in [6.45, 7) is 0. The van der Waals surface area contributed by atoms with Gasteiger partial charge in [0, 0.05) is 18.1 Å². The number of rotatable bonds is 3. The first-order chi connectivity index (χ1) is 8.06. The fraction of sp³-hybridized carbons (Fsp3) is 0.200. The van der Waals surface area contributed by atoms with Gasteiger partial charge in [0.05, 0.1) is 33.0 Å².